The van der Waals surface area contributed by atoms with Crippen molar-refractivity contribution in [3.05, 3.63) is 29.4 Å². The van der Waals surface area contributed by atoms with E-state index in [2.05, 4.69) is 30.6 Å². The van der Waals surface area contributed by atoms with Gasteiger partial charge in [0.2, 0.25) is 0 Å². The molecule has 7 nitrogen and oxygen atoms in total. The fraction of sp³-hybridized carbons (Fsp3) is 0.214. The van der Waals surface area contributed by atoms with Crippen LogP contribution in [0.2, 0.25) is 0 Å². The van der Waals surface area contributed by atoms with Crippen LogP contribution < -0.4 is 10.6 Å². The predicted octanol–water partition coefficient (Wildman–Crippen LogP) is 2.60. The van der Waals surface area contributed by atoms with Crippen LogP contribution in [0.3, 0.4) is 0 Å². The molecule has 0 radical (unpaired) electrons. The van der Waals surface area contributed by atoms with E-state index in [4.69, 9.17) is 0 Å². The number of nitrogens with one attached hydrogen (secondary N) is 2. The summed E-state index contributed by atoms with van der Waals surface area (Å²) in [7, 11) is 0. The predicted molar refractivity (Wildman–Crippen MR) is 85.9 cm³/mol. The molecule has 0 saturated heterocycles. The van der Waals surface area contributed by atoms with Crippen molar-refractivity contribution in [1.29, 1.82) is 0 Å². The van der Waals surface area contributed by atoms with Crippen molar-refractivity contribution in [3.8, 4) is 10.7 Å². The van der Waals surface area contributed by atoms with Crippen molar-refractivity contribution in [2.45, 2.75) is 13.8 Å². The van der Waals surface area contributed by atoms with Crippen LogP contribution in [0.5, 0.6) is 0 Å². The van der Waals surface area contributed by atoms with E-state index in [0.29, 0.717) is 29.2 Å². The molecule has 2 N–H and O–H groups in total. The van der Waals surface area contributed by atoms with Gasteiger partial charge in [0, 0.05) is 17.6 Å². The van der Waals surface area contributed by atoms with Crippen LogP contribution in [0.4, 0.5) is 10.6 Å². The molecule has 2 amide bonds. The standard InChI is InChI=1S/C14H14N6OS/c1-3-15-14(21)20-11-5-4-9-12(19-11)18-10(6-16-9)13-17-8(2)7-22-13/h4-7H,3H2,1-2H3,(H2,15,18,19,20,21). The van der Waals surface area contributed by atoms with Gasteiger partial charge in [-0.3, -0.25) is 10.3 Å². The summed E-state index contributed by atoms with van der Waals surface area (Å²) in [6.07, 6.45) is 1.68. The minimum absolute atomic E-state index is 0.297. The van der Waals surface area contributed by atoms with Gasteiger partial charge in [-0.15, -0.1) is 11.3 Å². The number of aromatic nitrogens is 4. The molecular weight excluding hydrogens is 300 g/mol. The van der Waals surface area contributed by atoms with E-state index in [1.54, 1.807) is 18.3 Å². The first-order valence-electron chi connectivity index (χ1n) is 6.77. The smallest absolute Gasteiger partial charge is 0.320 e. The van der Waals surface area contributed by atoms with Crippen LogP contribution in [0.25, 0.3) is 21.9 Å². The molecule has 8 heteroatoms. The molecule has 0 fully saturated rings. The second-order valence-electron chi connectivity index (χ2n) is 4.57. The molecule has 3 aromatic rings. The first-order chi connectivity index (χ1) is 10.7. The third kappa shape index (κ3) is 3.01. The maximum atomic E-state index is 11.5. The zero-order valence-electron chi connectivity index (χ0n) is 12.1. The molecule has 0 unspecified atom stereocenters. The van der Waals surface area contributed by atoms with E-state index in [0.717, 1.165) is 10.7 Å². The largest absolute Gasteiger partial charge is 0.338 e. The van der Waals surface area contributed by atoms with Gasteiger partial charge in [0.15, 0.2) is 5.65 Å². The first-order valence-corrected chi connectivity index (χ1v) is 7.65. The van der Waals surface area contributed by atoms with Gasteiger partial charge in [-0.25, -0.2) is 19.7 Å². The van der Waals surface area contributed by atoms with Gasteiger partial charge < -0.3 is 5.32 Å². The van der Waals surface area contributed by atoms with Crippen LogP contribution in [-0.2, 0) is 0 Å². The third-order valence-electron chi connectivity index (χ3n) is 2.82. The minimum Gasteiger partial charge on any atom is -0.338 e. The van der Waals surface area contributed by atoms with Crippen LogP contribution in [-0.4, -0.2) is 32.5 Å². The number of fused-ring (bicyclic) bond motifs is 1. The molecule has 0 aliphatic carbocycles. The lowest BCUT2D eigenvalue weighted by molar-refractivity contribution is 0.252. The zero-order valence-corrected chi connectivity index (χ0v) is 12.9. The number of hydrogen-bond donors (Lipinski definition) is 2. The van der Waals surface area contributed by atoms with Gasteiger partial charge in [-0.2, -0.15) is 0 Å². The Morgan fingerprint density at radius 2 is 2.14 bits per heavy atom. The number of hydrogen-bond acceptors (Lipinski definition) is 6. The Bertz CT molecular complexity index is 831. The van der Waals surface area contributed by atoms with Gasteiger partial charge in [0.1, 0.15) is 22.0 Å². The average Bonchev–Trinajstić information content (AvgIpc) is 2.93. The van der Waals surface area contributed by atoms with Crippen LogP contribution >= 0.6 is 11.3 Å². The highest BCUT2D eigenvalue weighted by Gasteiger charge is 2.09. The van der Waals surface area contributed by atoms with Crippen LogP contribution in [0.15, 0.2) is 23.7 Å². The summed E-state index contributed by atoms with van der Waals surface area (Å²) in [5.41, 5.74) is 2.76. The summed E-state index contributed by atoms with van der Waals surface area (Å²) in [6, 6.07) is 3.17. The Morgan fingerprint density at radius 1 is 1.27 bits per heavy atom. The molecule has 0 aliphatic heterocycles. The van der Waals surface area contributed by atoms with Crippen molar-refractivity contribution < 1.29 is 4.79 Å². The molecule has 3 rings (SSSR count). The summed E-state index contributed by atoms with van der Waals surface area (Å²) in [5.74, 6) is 0.431. The Labute approximate surface area is 130 Å². The molecule has 0 aliphatic rings. The van der Waals surface area contributed by atoms with Gasteiger partial charge >= 0.3 is 6.03 Å². The third-order valence-corrected chi connectivity index (χ3v) is 3.81. The number of nitrogens with zero attached hydrogens (tertiary/aromatic N) is 4. The highest BCUT2D eigenvalue weighted by atomic mass is 32.1. The first kappa shape index (κ1) is 14.3. The summed E-state index contributed by atoms with van der Waals surface area (Å²) in [5, 5.41) is 8.07. The molecule has 3 heterocycles. The second-order valence-corrected chi connectivity index (χ2v) is 5.43. The number of amides is 2. The molecule has 0 aromatic carbocycles. The lowest BCUT2D eigenvalue weighted by atomic mass is 10.3. The zero-order chi connectivity index (χ0) is 15.5. The molecular formula is C14H14N6OS. The average molecular weight is 314 g/mol. The molecule has 0 saturated carbocycles. The molecule has 0 bridgehead atoms. The molecule has 3 aromatic heterocycles. The maximum absolute atomic E-state index is 11.5. The normalized spacial score (nSPS) is 10.6. The number of urea groups is 1. The molecule has 22 heavy (non-hydrogen) atoms. The van der Waals surface area contributed by atoms with Crippen LogP contribution in [0.1, 0.15) is 12.6 Å². The van der Waals surface area contributed by atoms with E-state index in [-0.39, 0.29) is 6.03 Å². The fourth-order valence-corrected chi connectivity index (χ4v) is 2.61. The van der Waals surface area contributed by atoms with Crippen LogP contribution in [0, 0.1) is 6.92 Å². The Morgan fingerprint density at radius 3 is 2.86 bits per heavy atom. The number of rotatable bonds is 3. The highest BCUT2D eigenvalue weighted by Crippen LogP contribution is 2.22. The van der Waals surface area contributed by atoms with Crippen molar-refractivity contribution in [2.24, 2.45) is 0 Å². The highest BCUT2D eigenvalue weighted by molar-refractivity contribution is 7.13. The monoisotopic (exact) mass is 314 g/mol. The van der Waals surface area contributed by atoms with E-state index in [1.807, 2.05) is 19.2 Å². The van der Waals surface area contributed by atoms with Crippen molar-refractivity contribution in [3.63, 3.8) is 0 Å². The SMILES string of the molecule is CCNC(=O)Nc1ccc2ncc(-c3nc(C)cs3)nc2n1. The van der Waals surface area contributed by atoms with E-state index in [1.165, 1.54) is 11.3 Å². The molecule has 0 spiro atoms. The van der Waals surface area contributed by atoms with Gasteiger partial charge in [0.05, 0.1) is 6.20 Å². The maximum Gasteiger partial charge on any atom is 0.320 e. The van der Waals surface area contributed by atoms with Crippen molar-refractivity contribution in [1.82, 2.24) is 25.3 Å². The number of carbonyl (C=O) groups is 1. The fourth-order valence-electron chi connectivity index (χ4n) is 1.86. The van der Waals surface area contributed by atoms with Crippen molar-refractivity contribution >= 4 is 34.3 Å². The number of thiazole rings is 1. The number of pyridine rings is 1. The summed E-state index contributed by atoms with van der Waals surface area (Å²) >= 11 is 1.51. The number of anilines is 1. The Balaban J connectivity index is 1.94. The van der Waals surface area contributed by atoms with Gasteiger partial charge in [0.25, 0.3) is 0 Å². The van der Waals surface area contributed by atoms with Crippen molar-refractivity contribution in [2.75, 3.05) is 11.9 Å². The molecule has 112 valence electrons. The van der Waals surface area contributed by atoms with Gasteiger partial charge in [-0.1, -0.05) is 0 Å². The van der Waals surface area contributed by atoms with E-state index >= 15 is 0 Å². The molecule has 0 atom stereocenters. The Hall–Kier alpha value is -2.61. The lowest BCUT2D eigenvalue weighted by Gasteiger charge is -2.05. The second kappa shape index (κ2) is 6.02. The number of aryl methyl sites for hydroxylation is 1. The van der Waals surface area contributed by atoms with Gasteiger partial charge in [-0.05, 0) is 26.0 Å². The number of carbonyl (C=O) groups excluding carboxylic acids is 1. The summed E-state index contributed by atoms with van der Waals surface area (Å²) in [6.45, 7) is 4.33. The summed E-state index contributed by atoms with van der Waals surface area (Å²) in [4.78, 5) is 29.1. The quantitative estimate of drug-likeness (QED) is 0.775. The van der Waals surface area contributed by atoms with E-state index in [9.17, 15) is 4.79 Å². The minimum atomic E-state index is -0.297. The summed E-state index contributed by atoms with van der Waals surface area (Å²) < 4.78 is 0. The topological polar surface area (TPSA) is 92.7 Å². The lowest BCUT2D eigenvalue weighted by Crippen LogP contribution is -2.28. The van der Waals surface area contributed by atoms with E-state index < -0.39 is 0 Å². The Kier molecular flexibility index (Phi) is 3.92.